The predicted octanol–water partition coefficient (Wildman–Crippen LogP) is 1.75. The van der Waals surface area contributed by atoms with Gasteiger partial charge in [0, 0.05) is 19.2 Å². The summed E-state index contributed by atoms with van der Waals surface area (Å²) in [5.74, 6) is -0.146. The van der Waals surface area contributed by atoms with Crippen molar-refractivity contribution in [1.82, 2.24) is 10.2 Å². The highest BCUT2D eigenvalue weighted by Crippen LogP contribution is 2.26. The summed E-state index contributed by atoms with van der Waals surface area (Å²) >= 11 is 0. The average molecular weight is 431 g/mol. The van der Waals surface area contributed by atoms with Gasteiger partial charge in [-0.05, 0) is 48.5 Å². The van der Waals surface area contributed by atoms with E-state index in [-0.39, 0.29) is 31.1 Å². The number of ether oxygens (including phenoxy) is 2. The van der Waals surface area contributed by atoms with E-state index in [9.17, 15) is 9.90 Å². The maximum absolute atomic E-state index is 12.5. The van der Waals surface area contributed by atoms with E-state index in [0.29, 0.717) is 18.8 Å². The van der Waals surface area contributed by atoms with Crippen LogP contribution in [0.15, 0.2) is 42.5 Å². The zero-order valence-electron chi connectivity index (χ0n) is 18.1. The predicted molar refractivity (Wildman–Crippen MR) is 117 cm³/mol. The summed E-state index contributed by atoms with van der Waals surface area (Å²) in [5, 5.41) is 19.6. The van der Waals surface area contributed by atoms with Crippen LogP contribution in [0.25, 0.3) is 11.1 Å². The summed E-state index contributed by atoms with van der Waals surface area (Å²) in [6, 6.07) is 13.4. The maximum atomic E-state index is 12.5. The molecule has 2 aromatic rings. The molecule has 1 aliphatic rings. The van der Waals surface area contributed by atoms with Crippen LogP contribution in [-0.2, 0) is 27.4 Å². The normalized spacial score (nSPS) is 17.7. The molecule has 1 amide bonds. The third-order valence-electron chi connectivity index (χ3n) is 4.94. The number of methoxy groups -OCH3 is 1. The number of nitrogens with zero attached hydrogens (tertiary/aromatic N) is 1. The second-order valence-electron chi connectivity index (χ2n) is 7.46. The van der Waals surface area contributed by atoms with Crippen LogP contribution in [0.5, 0.6) is 0 Å². The Morgan fingerprint density at radius 1 is 1.23 bits per heavy atom. The Bertz CT molecular complexity index is 854. The van der Waals surface area contributed by atoms with Crippen LogP contribution in [0.3, 0.4) is 0 Å². The van der Waals surface area contributed by atoms with E-state index in [4.69, 9.17) is 19.4 Å². The van der Waals surface area contributed by atoms with Crippen LogP contribution in [0, 0.1) is 0 Å². The molecule has 168 valence electrons. The highest BCUT2D eigenvalue weighted by atomic mass is 16.5. The standard InChI is InChI=1S/C22H28N2O4.CH2O2/c1-24(2)11-15-4-9-19(18(10-15)12-25)16-5-7-17(8-6-16)22(26)23-20-13-28-14-21(20)27-3;2-1-3/h4-10,20-21,25H,11-14H2,1-3H3,(H,23,26);1H,(H,2,3)/t20-,21+;/m0./s1. The van der Waals surface area contributed by atoms with Crippen molar-refractivity contribution in [1.29, 1.82) is 0 Å². The summed E-state index contributed by atoms with van der Waals surface area (Å²) in [7, 11) is 5.65. The number of aliphatic hydroxyl groups is 1. The molecule has 8 nitrogen and oxygen atoms in total. The van der Waals surface area contributed by atoms with Gasteiger partial charge in [-0.3, -0.25) is 9.59 Å². The van der Waals surface area contributed by atoms with Gasteiger partial charge in [-0.1, -0.05) is 30.3 Å². The van der Waals surface area contributed by atoms with Gasteiger partial charge in [-0.2, -0.15) is 0 Å². The summed E-state index contributed by atoms with van der Waals surface area (Å²) in [4.78, 5) is 23.0. The first-order valence-electron chi connectivity index (χ1n) is 9.90. The van der Waals surface area contributed by atoms with Gasteiger partial charge in [0.15, 0.2) is 0 Å². The fraction of sp³-hybridized carbons (Fsp3) is 0.391. The lowest BCUT2D eigenvalue weighted by molar-refractivity contribution is -0.122. The number of amides is 1. The Labute approximate surface area is 182 Å². The number of carbonyl (C=O) groups is 2. The van der Waals surface area contributed by atoms with Crippen molar-refractivity contribution in [3.05, 3.63) is 59.2 Å². The van der Waals surface area contributed by atoms with E-state index >= 15 is 0 Å². The van der Waals surface area contributed by atoms with Crippen molar-refractivity contribution in [3.63, 3.8) is 0 Å². The number of rotatable bonds is 7. The lowest BCUT2D eigenvalue weighted by atomic mass is 9.96. The molecule has 1 aliphatic heterocycles. The molecule has 3 N–H and O–H groups in total. The first kappa shape index (κ1) is 24.5. The monoisotopic (exact) mass is 430 g/mol. The Morgan fingerprint density at radius 2 is 1.90 bits per heavy atom. The molecule has 0 spiro atoms. The smallest absolute Gasteiger partial charge is 0.290 e. The number of aliphatic hydroxyl groups excluding tert-OH is 1. The van der Waals surface area contributed by atoms with E-state index in [1.54, 1.807) is 19.2 Å². The van der Waals surface area contributed by atoms with Crippen molar-refractivity contribution >= 4 is 12.4 Å². The van der Waals surface area contributed by atoms with Crippen molar-refractivity contribution in [2.75, 3.05) is 34.4 Å². The molecule has 0 radical (unpaired) electrons. The molecule has 2 atom stereocenters. The summed E-state index contributed by atoms with van der Waals surface area (Å²) in [6.45, 7) is 1.49. The second kappa shape index (κ2) is 12.2. The first-order chi connectivity index (χ1) is 14.9. The molecule has 0 aliphatic carbocycles. The number of carbonyl (C=O) groups excluding carboxylic acids is 1. The van der Waals surface area contributed by atoms with Gasteiger partial charge in [0.25, 0.3) is 12.4 Å². The molecule has 0 saturated carbocycles. The number of benzene rings is 2. The minimum absolute atomic E-state index is 0.0288. The molecule has 8 heteroatoms. The third kappa shape index (κ3) is 6.86. The van der Waals surface area contributed by atoms with Crippen molar-refractivity contribution < 1.29 is 29.3 Å². The highest BCUT2D eigenvalue weighted by molar-refractivity contribution is 5.95. The van der Waals surface area contributed by atoms with Crippen LogP contribution >= 0.6 is 0 Å². The highest BCUT2D eigenvalue weighted by Gasteiger charge is 2.29. The number of hydrogen-bond acceptors (Lipinski definition) is 6. The molecule has 2 aromatic carbocycles. The number of hydrogen-bond donors (Lipinski definition) is 3. The summed E-state index contributed by atoms with van der Waals surface area (Å²) < 4.78 is 10.7. The van der Waals surface area contributed by atoms with Gasteiger partial charge in [-0.25, -0.2) is 0 Å². The molecule has 1 heterocycles. The zero-order valence-corrected chi connectivity index (χ0v) is 18.1. The molecule has 31 heavy (non-hydrogen) atoms. The van der Waals surface area contributed by atoms with E-state index in [2.05, 4.69) is 16.3 Å². The Hall–Kier alpha value is -2.78. The Balaban J connectivity index is 0.00000107. The van der Waals surface area contributed by atoms with E-state index < -0.39 is 0 Å². The molecular formula is C23H30N2O6. The minimum Gasteiger partial charge on any atom is -0.483 e. The summed E-state index contributed by atoms with van der Waals surface area (Å²) in [6.07, 6.45) is -0.115. The minimum atomic E-state index is -0.250. The van der Waals surface area contributed by atoms with Crippen molar-refractivity contribution in [2.24, 2.45) is 0 Å². The van der Waals surface area contributed by atoms with Crippen molar-refractivity contribution in [3.8, 4) is 11.1 Å². The summed E-state index contributed by atoms with van der Waals surface area (Å²) in [5.41, 5.74) is 4.56. The molecular weight excluding hydrogens is 400 g/mol. The molecule has 3 rings (SSSR count). The van der Waals surface area contributed by atoms with Gasteiger partial charge in [0.1, 0.15) is 6.10 Å². The van der Waals surface area contributed by atoms with Gasteiger partial charge in [0.05, 0.1) is 25.9 Å². The Kier molecular flexibility index (Phi) is 9.61. The average Bonchev–Trinajstić information content (AvgIpc) is 3.21. The first-order valence-corrected chi connectivity index (χ1v) is 9.90. The Morgan fingerprint density at radius 3 is 2.48 bits per heavy atom. The van der Waals surface area contributed by atoms with Gasteiger partial charge in [-0.15, -0.1) is 0 Å². The van der Waals surface area contributed by atoms with Crippen LogP contribution in [0.4, 0.5) is 0 Å². The van der Waals surface area contributed by atoms with E-state index in [0.717, 1.165) is 28.8 Å². The van der Waals surface area contributed by atoms with Gasteiger partial charge >= 0.3 is 0 Å². The van der Waals surface area contributed by atoms with Gasteiger partial charge < -0.3 is 29.9 Å². The molecule has 1 fully saturated rings. The van der Waals surface area contributed by atoms with Crippen LogP contribution < -0.4 is 5.32 Å². The number of nitrogens with one attached hydrogen (secondary N) is 1. The lowest BCUT2D eigenvalue weighted by Gasteiger charge is -2.18. The van der Waals surface area contributed by atoms with E-state index in [1.165, 1.54) is 0 Å². The largest absolute Gasteiger partial charge is 0.483 e. The molecule has 0 aromatic heterocycles. The molecule has 1 saturated heterocycles. The van der Waals surface area contributed by atoms with Crippen LogP contribution in [0.2, 0.25) is 0 Å². The second-order valence-corrected chi connectivity index (χ2v) is 7.46. The van der Waals surface area contributed by atoms with Crippen LogP contribution in [-0.4, -0.2) is 74.1 Å². The quantitative estimate of drug-likeness (QED) is 0.575. The van der Waals surface area contributed by atoms with Crippen LogP contribution in [0.1, 0.15) is 21.5 Å². The molecule has 0 bridgehead atoms. The fourth-order valence-electron chi connectivity index (χ4n) is 3.48. The third-order valence-corrected chi connectivity index (χ3v) is 4.94. The SMILES string of the molecule is CO[C@@H]1COC[C@@H]1NC(=O)c1ccc(-c2ccc(CN(C)C)cc2CO)cc1.O=CO. The zero-order chi connectivity index (χ0) is 22.8. The maximum Gasteiger partial charge on any atom is 0.290 e. The molecule has 0 unspecified atom stereocenters. The topological polar surface area (TPSA) is 108 Å². The number of carboxylic acid groups (broad SMARTS) is 1. The lowest BCUT2D eigenvalue weighted by Crippen LogP contribution is -2.43. The van der Waals surface area contributed by atoms with Crippen molar-refractivity contribution in [2.45, 2.75) is 25.3 Å². The van der Waals surface area contributed by atoms with Gasteiger partial charge in [0.2, 0.25) is 0 Å². The fourth-order valence-corrected chi connectivity index (χ4v) is 3.48. The van der Waals surface area contributed by atoms with E-state index in [1.807, 2.05) is 38.4 Å².